The molecule has 0 unspecified atom stereocenters. The highest BCUT2D eigenvalue weighted by Gasteiger charge is 2.14. The van der Waals surface area contributed by atoms with Gasteiger partial charge in [0.05, 0.1) is 17.7 Å². The summed E-state index contributed by atoms with van der Waals surface area (Å²) in [5.74, 6) is -0.0122. The quantitative estimate of drug-likeness (QED) is 0.207. The van der Waals surface area contributed by atoms with Crippen LogP contribution < -0.4 is 16.2 Å². The molecule has 36 heavy (non-hydrogen) atoms. The lowest BCUT2D eigenvalue weighted by atomic mass is 10.0. The fourth-order valence-electron chi connectivity index (χ4n) is 4.41. The van der Waals surface area contributed by atoms with Crippen LogP contribution in [0.15, 0.2) is 83.7 Å². The molecule has 1 heterocycles. The van der Waals surface area contributed by atoms with Crippen molar-refractivity contribution in [3.63, 3.8) is 0 Å². The van der Waals surface area contributed by atoms with E-state index in [1.165, 1.54) is 23.3 Å². The lowest BCUT2D eigenvalue weighted by Gasteiger charge is -2.25. The van der Waals surface area contributed by atoms with Crippen molar-refractivity contribution in [2.45, 2.75) is 18.6 Å². The summed E-state index contributed by atoms with van der Waals surface area (Å²) < 4.78 is 0. The predicted octanol–water partition coefficient (Wildman–Crippen LogP) is 3.81. The maximum atomic E-state index is 11.6. The Hall–Kier alpha value is -3.65. The molecule has 0 spiro atoms. The van der Waals surface area contributed by atoms with Gasteiger partial charge in [0.25, 0.3) is 0 Å². The van der Waals surface area contributed by atoms with Gasteiger partial charge in [0.15, 0.2) is 0 Å². The summed E-state index contributed by atoms with van der Waals surface area (Å²) >= 11 is 0. The molecule has 0 aliphatic rings. The number of H-pyrrole nitrogens is 1. The number of rotatable bonds is 11. The minimum Gasteiger partial charge on any atom is -0.506 e. The first-order chi connectivity index (χ1) is 17.4. The number of nitrogens with zero attached hydrogens (tertiary/aromatic N) is 1. The molecular weight excluding hydrogens is 452 g/mol. The smallest absolute Gasteiger partial charge is 0.248 e. The number of benzene rings is 3. The molecule has 3 aromatic carbocycles. The number of nitrogens with one attached hydrogen (secondary N) is 3. The average molecular weight is 487 g/mol. The second-order valence-electron chi connectivity index (χ2n) is 9.22. The number of aromatic nitrogens is 1. The monoisotopic (exact) mass is 486 g/mol. The van der Waals surface area contributed by atoms with E-state index < -0.39 is 6.10 Å². The third kappa shape index (κ3) is 6.31. The Morgan fingerprint density at radius 1 is 0.917 bits per heavy atom. The van der Waals surface area contributed by atoms with Crippen molar-refractivity contribution in [2.24, 2.45) is 0 Å². The molecule has 188 valence electrons. The van der Waals surface area contributed by atoms with Crippen molar-refractivity contribution in [2.75, 3.05) is 39.0 Å². The highest BCUT2D eigenvalue weighted by Crippen LogP contribution is 2.28. The van der Waals surface area contributed by atoms with Gasteiger partial charge in [-0.2, -0.15) is 0 Å². The molecule has 0 fully saturated rings. The summed E-state index contributed by atoms with van der Waals surface area (Å²) in [7, 11) is 4.19. The van der Waals surface area contributed by atoms with Crippen LogP contribution in [-0.4, -0.2) is 53.8 Å². The van der Waals surface area contributed by atoms with E-state index in [2.05, 4.69) is 83.1 Å². The average Bonchev–Trinajstić information content (AvgIpc) is 2.88. The van der Waals surface area contributed by atoms with Crippen LogP contribution in [0.2, 0.25) is 0 Å². The van der Waals surface area contributed by atoms with E-state index in [-0.39, 0.29) is 17.4 Å². The molecule has 0 aliphatic heterocycles. The van der Waals surface area contributed by atoms with E-state index in [4.69, 9.17) is 0 Å². The largest absolute Gasteiger partial charge is 0.506 e. The third-order valence-electron chi connectivity index (χ3n) is 6.46. The van der Waals surface area contributed by atoms with Gasteiger partial charge >= 0.3 is 0 Å². The zero-order chi connectivity index (χ0) is 25.5. The lowest BCUT2D eigenvalue weighted by Crippen LogP contribution is -2.26. The topological polar surface area (TPSA) is 101 Å². The Morgan fingerprint density at radius 3 is 2.39 bits per heavy atom. The summed E-state index contributed by atoms with van der Waals surface area (Å²) in [6.45, 7) is 1.90. The first-order valence-corrected chi connectivity index (χ1v) is 12.2. The van der Waals surface area contributed by atoms with Crippen LogP contribution in [0.25, 0.3) is 10.9 Å². The van der Waals surface area contributed by atoms with Crippen molar-refractivity contribution in [1.29, 1.82) is 0 Å². The van der Waals surface area contributed by atoms with E-state index >= 15 is 0 Å². The summed E-state index contributed by atoms with van der Waals surface area (Å²) in [4.78, 5) is 16.4. The van der Waals surface area contributed by atoms with Gasteiger partial charge in [-0.05, 0) is 68.0 Å². The molecule has 7 heteroatoms. The number of fused-ring (bicyclic) bond motifs is 1. The number of pyridine rings is 1. The van der Waals surface area contributed by atoms with Gasteiger partial charge in [0, 0.05) is 30.2 Å². The predicted molar refractivity (Wildman–Crippen MR) is 146 cm³/mol. The highest BCUT2D eigenvalue weighted by molar-refractivity contribution is 5.87. The van der Waals surface area contributed by atoms with Crippen molar-refractivity contribution in [3.05, 3.63) is 106 Å². The van der Waals surface area contributed by atoms with Crippen molar-refractivity contribution in [3.8, 4) is 5.75 Å². The Balaban J connectivity index is 1.26. The second-order valence-corrected chi connectivity index (χ2v) is 9.22. The van der Waals surface area contributed by atoms with Gasteiger partial charge in [0.2, 0.25) is 5.56 Å². The van der Waals surface area contributed by atoms with Crippen molar-refractivity contribution >= 4 is 16.6 Å². The normalized spacial score (nSPS) is 13.1. The molecule has 4 rings (SSSR count). The second kappa shape index (κ2) is 11.9. The molecule has 0 saturated carbocycles. The molecule has 0 aliphatic carbocycles. The van der Waals surface area contributed by atoms with E-state index in [0.29, 0.717) is 29.6 Å². The van der Waals surface area contributed by atoms with E-state index in [1.54, 1.807) is 12.1 Å². The van der Waals surface area contributed by atoms with E-state index in [1.807, 2.05) is 6.07 Å². The van der Waals surface area contributed by atoms with E-state index in [9.17, 15) is 15.0 Å². The standard InChI is InChI=1S/C29H34N4O3/c1-33(2)25(21-6-4-3-5-7-21)18-31-22-10-8-20(9-11-22)16-17-30-19-27(35)23-12-14-26(34)29-24(23)13-15-28(36)32-29/h3-15,25,27,30-31,34-35H,16-19H2,1-2H3,(H,32,36)/t25-,27-/m0/s1. The van der Waals surface area contributed by atoms with Crippen molar-refractivity contribution in [1.82, 2.24) is 15.2 Å². The van der Waals surface area contributed by atoms with Gasteiger partial charge in [-0.15, -0.1) is 0 Å². The molecule has 7 nitrogen and oxygen atoms in total. The van der Waals surface area contributed by atoms with Gasteiger partial charge in [-0.1, -0.05) is 48.5 Å². The number of phenols is 1. The van der Waals surface area contributed by atoms with Crippen LogP contribution in [0.4, 0.5) is 5.69 Å². The summed E-state index contributed by atoms with van der Waals surface area (Å²) in [5.41, 5.74) is 4.29. The van der Waals surface area contributed by atoms with Crippen LogP contribution in [-0.2, 0) is 6.42 Å². The molecular formula is C29H34N4O3. The number of aromatic hydroxyl groups is 1. The first-order valence-electron chi connectivity index (χ1n) is 12.2. The summed E-state index contributed by atoms with van der Waals surface area (Å²) in [6, 6.07) is 25.4. The van der Waals surface area contributed by atoms with Crippen molar-refractivity contribution < 1.29 is 10.2 Å². The number of likely N-dealkylation sites (N-methyl/N-ethyl adjacent to an activating group) is 1. The molecule has 0 saturated heterocycles. The molecule has 4 aromatic rings. The highest BCUT2D eigenvalue weighted by atomic mass is 16.3. The molecule has 2 atom stereocenters. The van der Waals surface area contributed by atoms with Gasteiger partial charge in [0.1, 0.15) is 5.75 Å². The molecule has 0 bridgehead atoms. The van der Waals surface area contributed by atoms with Gasteiger partial charge in [-0.25, -0.2) is 0 Å². The van der Waals surface area contributed by atoms with Gasteiger partial charge in [-0.3, -0.25) is 4.79 Å². The maximum Gasteiger partial charge on any atom is 0.248 e. The Labute approximate surface area is 211 Å². The SMILES string of the molecule is CN(C)[C@@H](CNc1ccc(CCNC[C@H](O)c2ccc(O)c3[nH]c(=O)ccc23)cc1)c1ccccc1. The molecule has 0 radical (unpaired) electrons. The Bertz CT molecular complexity index is 1320. The third-order valence-corrected chi connectivity index (χ3v) is 6.46. The fourth-order valence-corrected chi connectivity index (χ4v) is 4.41. The van der Waals surface area contributed by atoms with Crippen LogP contribution in [0, 0.1) is 0 Å². The van der Waals surface area contributed by atoms with Crippen LogP contribution in [0.3, 0.4) is 0 Å². The summed E-state index contributed by atoms with van der Waals surface area (Å²) in [5, 5.41) is 28.2. The number of aliphatic hydroxyl groups excluding tert-OH is 1. The van der Waals surface area contributed by atoms with Gasteiger partial charge < -0.3 is 30.7 Å². The van der Waals surface area contributed by atoms with Crippen LogP contribution >= 0.6 is 0 Å². The first kappa shape index (κ1) is 25.4. The number of hydrogen-bond donors (Lipinski definition) is 5. The minimum absolute atomic E-state index is 0.0122. The summed E-state index contributed by atoms with van der Waals surface area (Å²) in [6.07, 6.45) is 0.0703. The number of anilines is 1. The van der Waals surface area contributed by atoms with Crippen LogP contribution in [0.5, 0.6) is 5.75 Å². The van der Waals surface area contributed by atoms with E-state index in [0.717, 1.165) is 18.7 Å². The molecule has 1 aromatic heterocycles. The maximum absolute atomic E-state index is 11.6. The number of hydrogen-bond acceptors (Lipinski definition) is 6. The lowest BCUT2D eigenvalue weighted by molar-refractivity contribution is 0.176. The zero-order valence-electron chi connectivity index (χ0n) is 20.7. The molecule has 5 N–H and O–H groups in total. The minimum atomic E-state index is -0.764. The fraction of sp³-hybridized carbons (Fsp3) is 0.276. The Kier molecular flexibility index (Phi) is 8.38. The van der Waals surface area contributed by atoms with Crippen LogP contribution in [0.1, 0.15) is 28.8 Å². The number of phenolic OH excluding ortho intramolecular Hbond substituents is 1. The number of aromatic amines is 1. The Morgan fingerprint density at radius 2 is 1.67 bits per heavy atom. The molecule has 0 amide bonds. The number of aliphatic hydroxyl groups is 1. The zero-order valence-corrected chi connectivity index (χ0v) is 20.7.